The fourth-order valence-corrected chi connectivity index (χ4v) is 4.42. The van der Waals surface area contributed by atoms with E-state index in [2.05, 4.69) is 15.6 Å². The van der Waals surface area contributed by atoms with Gasteiger partial charge in [0, 0.05) is 24.6 Å². The first-order valence-corrected chi connectivity index (χ1v) is 11.3. The molecule has 1 aliphatic carbocycles. The molecule has 0 atom stereocenters. The maximum atomic E-state index is 13.2. The van der Waals surface area contributed by atoms with E-state index < -0.39 is 5.41 Å². The van der Waals surface area contributed by atoms with Gasteiger partial charge in [-0.1, -0.05) is 36.4 Å². The zero-order valence-electron chi connectivity index (χ0n) is 18.4. The largest absolute Gasteiger partial charge is 0.454 e. The predicted octanol–water partition coefficient (Wildman–Crippen LogP) is 4.74. The Hall–Kier alpha value is -4.26. The first-order chi connectivity index (χ1) is 16.6. The Morgan fingerprint density at radius 2 is 1.76 bits per heavy atom. The van der Waals surface area contributed by atoms with Gasteiger partial charge in [0.15, 0.2) is 11.5 Å². The van der Waals surface area contributed by atoms with Gasteiger partial charge in [-0.3, -0.25) is 9.59 Å². The Morgan fingerprint density at radius 1 is 0.941 bits per heavy atom. The molecule has 2 aliphatic rings. The van der Waals surface area contributed by atoms with Crippen molar-refractivity contribution in [1.29, 1.82) is 0 Å². The molecule has 1 fully saturated rings. The molecule has 3 N–H and O–H groups in total. The van der Waals surface area contributed by atoms with Crippen LogP contribution in [-0.4, -0.2) is 23.6 Å². The Balaban J connectivity index is 0.00000253. The summed E-state index contributed by atoms with van der Waals surface area (Å²) in [4.78, 5) is 29.0. The van der Waals surface area contributed by atoms with Crippen molar-refractivity contribution in [3.05, 3.63) is 89.6 Å². The molecule has 0 spiro atoms. The SMILES string of the molecule is O=C(NCc1ccccc1)c1cc2cc(NC(=O)C3(c4ccc5c(c4)OCO5)CC3)ccc2[nH]1.[HH]. The maximum absolute atomic E-state index is 13.2. The Bertz CT molecular complexity index is 1410. The lowest BCUT2D eigenvalue weighted by Crippen LogP contribution is -2.27. The lowest BCUT2D eigenvalue weighted by atomic mass is 9.94. The summed E-state index contributed by atoms with van der Waals surface area (Å²) in [6.07, 6.45) is 1.58. The third kappa shape index (κ3) is 3.65. The lowest BCUT2D eigenvalue weighted by Gasteiger charge is -2.16. The van der Waals surface area contributed by atoms with Crippen molar-refractivity contribution >= 4 is 28.4 Å². The highest BCUT2D eigenvalue weighted by Gasteiger charge is 2.51. The molecule has 1 aliphatic heterocycles. The van der Waals surface area contributed by atoms with Crippen LogP contribution in [-0.2, 0) is 16.8 Å². The molecule has 0 bridgehead atoms. The third-order valence-electron chi connectivity index (χ3n) is 6.53. The van der Waals surface area contributed by atoms with Crippen LogP contribution in [0, 0.1) is 0 Å². The zero-order chi connectivity index (χ0) is 23.1. The van der Waals surface area contributed by atoms with Gasteiger partial charge >= 0.3 is 0 Å². The number of amides is 2. The van der Waals surface area contributed by atoms with Gasteiger partial charge in [-0.25, -0.2) is 0 Å². The van der Waals surface area contributed by atoms with Gasteiger partial charge in [0.05, 0.1) is 5.41 Å². The number of carbonyl (C=O) groups is 2. The van der Waals surface area contributed by atoms with E-state index in [4.69, 9.17) is 9.47 Å². The molecule has 4 aromatic rings. The quantitative estimate of drug-likeness (QED) is 0.391. The van der Waals surface area contributed by atoms with Crippen molar-refractivity contribution in [1.82, 2.24) is 10.3 Å². The van der Waals surface area contributed by atoms with Crippen LogP contribution in [0.5, 0.6) is 11.5 Å². The fraction of sp³-hybridized carbons (Fsp3) is 0.185. The maximum Gasteiger partial charge on any atom is 0.267 e. The van der Waals surface area contributed by atoms with E-state index in [0.717, 1.165) is 34.9 Å². The topological polar surface area (TPSA) is 92.5 Å². The molecule has 1 aromatic heterocycles. The second-order valence-electron chi connectivity index (χ2n) is 8.76. The van der Waals surface area contributed by atoms with Crippen LogP contribution >= 0.6 is 0 Å². The van der Waals surface area contributed by atoms with Gasteiger partial charge in [0.1, 0.15) is 5.69 Å². The second kappa shape index (κ2) is 7.95. The van der Waals surface area contributed by atoms with E-state index in [9.17, 15) is 9.59 Å². The number of nitrogens with one attached hydrogen (secondary N) is 3. The number of ether oxygens (including phenoxy) is 2. The number of aromatic nitrogens is 1. The Labute approximate surface area is 197 Å². The first-order valence-electron chi connectivity index (χ1n) is 11.3. The second-order valence-corrected chi connectivity index (χ2v) is 8.76. The van der Waals surface area contributed by atoms with Gasteiger partial charge in [0.2, 0.25) is 12.7 Å². The molecule has 0 saturated heterocycles. The summed E-state index contributed by atoms with van der Waals surface area (Å²) in [5.41, 5.74) is 3.44. The van der Waals surface area contributed by atoms with Crippen LogP contribution in [0.3, 0.4) is 0 Å². The summed E-state index contributed by atoms with van der Waals surface area (Å²) >= 11 is 0. The highest BCUT2D eigenvalue weighted by molar-refractivity contribution is 6.03. The molecule has 0 unspecified atom stereocenters. The lowest BCUT2D eigenvalue weighted by molar-refractivity contribution is -0.118. The molecule has 172 valence electrons. The summed E-state index contributed by atoms with van der Waals surface area (Å²) < 4.78 is 10.9. The van der Waals surface area contributed by atoms with Crippen LogP contribution in [0.15, 0.2) is 72.8 Å². The van der Waals surface area contributed by atoms with E-state index in [1.54, 1.807) is 6.07 Å². The van der Waals surface area contributed by atoms with E-state index in [1.807, 2.05) is 66.7 Å². The van der Waals surface area contributed by atoms with Crippen LogP contribution < -0.4 is 20.1 Å². The molecular weight excluding hydrogens is 430 g/mol. The van der Waals surface area contributed by atoms with Crippen molar-refractivity contribution in [2.24, 2.45) is 0 Å². The van der Waals surface area contributed by atoms with Crippen LogP contribution in [0.1, 0.15) is 35.9 Å². The molecule has 7 heteroatoms. The molecule has 2 amide bonds. The normalized spacial score (nSPS) is 15.2. The van der Waals surface area contributed by atoms with Crippen molar-refractivity contribution in [2.45, 2.75) is 24.8 Å². The molecule has 6 rings (SSSR count). The molecular formula is C27H25N3O4. The highest BCUT2D eigenvalue weighted by Crippen LogP contribution is 2.51. The third-order valence-corrected chi connectivity index (χ3v) is 6.53. The first kappa shape index (κ1) is 20.4. The van der Waals surface area contributed by atoms with Gasteiger partial charge in [-0.2, -0.15) is 0 Å². The number of hydrogen-bond donors (Lipinski definition) is 3. The molecule has 7 nitrogen and oxygen atoms in total. The molecule has 3 aromatic carbocycles. The zero-order valence-corrected chi connectivity index (χ0v) is 18.4. The van der Waals surface area contributed by atoms with E-state index in [1.165, 1.54) is 0 Å². The average Bonchev–Trinajstić information content (AvgIpc) is 3.35. The number of rotatable bonds is 6. The van der Waals surface area contributed by atoms with E-state index in [0.29, 0.717) is 29.4 Å². The number of hydrogen-bond acceptors (Lipinski definition) is 4. The summed E-state index contributed by atoms with van der Waals surface area (Å²) in [5.74, 6) is 1.18. The number of carbonyl (C=O) groups excluding carboxylic acids is 2. The van der Waals surface area contributed by atoms with Crippen molar-refractivity contribution < 1.29 is 20.5 Å². The highest BCUT2D eigenvalue weighted by atomic mass is 16.7. The van der Waals surface area contributed by atoms with Crippen LogP contribution in [0.2, 0.25) is 0 Å². The molecule has 34 heavy (non-hydrogen) atoms. The minimum Gasteiger partial charge on any atom is -0.454 e. The van der Waals surface area contributed by atoms with Crippen molar-refractivity contribution in [3.63, 3.8) is 0 Å². The summed E-state index contributed by atoms with van der Waals surface area (Å²) in [6, 6.07) is 22.9. The minimum absolute atomic E-state index is 0. The van der Waals surface area contributed by atoms with Gasteiger partial charge in [0.25, 0.3) is 5.91 Å². The van der Waals surface area contributed by atoms with Crippen molar-refractivity contribution in [2.75, 3.05) is 12.1 Å². The summed E-state index contributed by atoms with van der Waals surface area (Å²) in [5, 5.41) is 6.85. The number of aromatic amines is 1. The summed E-state index contributed by atoms with van der Waals surface area (Å²) in [6.45, 7) is 0.666. The number of benzene rings is 3. The molecule has 0 radical (unpaired) electrons. The molecule has 1 saturated carbocycles. The fourth-order valence-electron chi connectivity index (χ4n) is 4.42. The standard InChI is InChI=1S/C27H23N3O4.H2/c31-25(28-15-17-4-2-1-3-5-17)22-13-18-12-20(7-8-21(18)30-22)29-26(32)27(10-11-27)19-6-9-23-24(14-19)34-16-33-23;/h1-9,12-14,30H,10-11,15-16H2,(H,28,31)(H,29,32);1H. The monoisotopic (exact) mass is 455 g/mol. The van der Waals surface area contributed by atoms with E-state index in [-0.39, 0.29) is 20.0 Å². The number of fused-ring (bicyclic) bond motifs is 2. The number of anilines is 1. The van der Waals surface area contributed by atoms with Gasteiger partial charge in [-0.15, -0.1) is 0 Å². The van der Waals surface area contributed by atoms with Crippen LogP contribution in [0.4, 0.5) is 5.69 Å². The smallest absolute Gasteiger partial charge is 0.267 e. The van der Waals surface area contributed by atoms with Gasteiger partial charge < -0.3 is 25.1 Å². The van der Waals surface area contributed by atoms with Gasteiger partial charge in [-0.05, 0) is 60.4 Å². The van der Waals surface area contributed by atoms with E-state index >= 15 is 0 Å². The Morgan fingerprint density at radius 3 is 2.59 bits per heavy atom. The average molecular weight is 456 g/mol. The van der Waals surface area contributed by atoms with Crippen molar-refractivity contribution in [3.8, 4) is 11.5 Å². The molecule has 2 heterocycles. The minimum atomic E-state index is -0.545. The summed E-state index contributed by atoms with van der Waals surface area (Å²) in [7, 11) is 0. The Kier molecular flexibility index (Phi) is 4.76. The van der Waals surface area contributed by atoms with Crippen LogP contribution in [0.25, 0.3) is 10.9 Å². The predicted molar refractivity (Wildman–Crippen MR) is 130 cm³/mol. The number of H-pyrrole nitrogens is 1.